The van der Waals surface area contributed by atoms with Gasteiger partial charge in [-0.15, -0.1) is 0 Å². The number of aromatic nitrogens is 1. The zero-order chi connectivity index (χ0) is 12.5. The highest BCUT2D eigenvalue weighted by atomic mass is 19.1. The van der Waals surface area contributed by atoms with Crippen molar-refractivity contribution in [2.24, 2.45) is 5.73 Å². The number of pyridine rings is 1. The van der Waals surface area contributed by atoms with E-state index in [1.54, 1.807) is 12.1 Å². The molecule has 92 valence electrons. The Bertz CT molecular complexity index is 589. The van der Waals surface area contributed by atoms with E-state index in [0.717, 1.165) is 6.20 Å². The molecule has 2 heterocycles. The molecule has 0 saturated carbocycles. The van der Waals surface area contributed by atoms with E-state index in [-0.39, 0.29) is 6.54 Å². The molecule has 1 atom stereocenters. The summed E-state index contributed by atoms with van der Waals surface area (Å²) in [6.45, 7) is 0.239. The van der Waals surface area contributed by atoms with Gasteiger partial charge in [-0.2, -0.15) is 0 Å². The van der Waals surface area contributed by atoms with Crippen molar-refractivity contribution in [3.8, 4) is 17.2 Å². The number of nitrogens with zero attached hydrogens (tertiary/aromatic N) is 1. The molecule has 0 bridgehead atoms. The van der Waals surface area contributed by atoms with Gasteiger partial charge in [-0.05, 0) is 12.1 Å². The summed E-state index contributed by atoms with van der Waals surface area (Å²) < 4.78 is 24.6. The van der Waals surface area contributed by atoms with Crippen molar-refractivity contribution in [1.82, 2.24) is 4.98 Å². The smallest absolute Gasteiger partial charge is 0.169 e. The minimum Gasteiger partial charge on any atom is -0.479 e. The predicted octanol–water partition coefficient (Wildman–Crippen LogP) is 2.41. The first-order chi connectivity index (χ1) is 8.78. The van der Waals surface area contributed by atoms with E-state index in [0.29, 0.717) is 22.9 Å². The molecule has 1 aliphatic rings. The zero-order valence-electron chi connectivity index (χ0n) is 9.47. The van der Waals surface area contributed by atoms with Crippen LogP contribution >= 0.6 is 0 Å². The van der Waals surface area contributed by atoms with Crippen molar-refractivity contribution in [2.75, 3.05) is 6.54 Å². The van der Waals surface area contributed by atoms with Crippen molar-refractivity contribution in [3.63, 3.8) is 0 Å². The normalized spacial score (nSPS) is 16.9. The molecule has 2 aromatic rings. The minimum absolute atomic E-state index is 0.239. The fourth-order valence-electron chi connectivity index (χ4n) is 1.87. The van der Waals surface area contributed by atoms with Crippen LogP contribution in [0, 0.1) is 5.82 Å². The molecular weight excluding hydrogens is 235 g/mol. The van der Waals surface area contributed by atoms with Crippen LogP contribution in [0.3, 0.4) is 0 Å². The molecule has 0 aliphatic carbocycles. The summed E-state index contributed by atoms with van der Waals surface area (Å²) in [6, 6.07) is 8.47. The third-order valence-electron chi connectivity index (χ3n) is 2.71. The third-order valence-corrected chi connectivity index (χ3v) is 2.71. The van der Waals surface area contributed by atoms with Crippen LogP contribution in [0.5, 0.6) is 17.2 Å². The SMILES string of the molecule is NCC1Oc2ccccc2Oc2cc(F)cnc21. The van der Waals surface area contributed by atoms with Crippen molar-refractivity contribution in [3.05, 3.63) is 48.0 Å². The molecule has 1 aromatic carbocycles. The topological polar surface area (TPSA) is 57.4 Å². The first-order valence-corrected chi connectivity index (χ1v) is 5.57. The lowest BCUT2D eigenvalue weighted by atomic mass is 10.2. The number of fused-ring (bicyclic) bond motifs is 2. The number of para-hydroxylation sites is 2. The predicted molar refractivity (Wildman–Crippen MR) is 63.1 cm³/mol. The Morgan fingerprint density at radius 1 is 1.22 bits per heavy atom. The Kier molecular flexibility index (Phi) is 2.60. The second-order valence-electron chi connectivity index (χ2n) is 3.93. The molecule has 2 N–H and O–H groups in total. The lowest BCUT2D eigenvalue weighted by Crippen LogP contribution is -2.19. The lowest BCUT2D eigenvalue weighted by molar-refractivity contribution is 0.212. The van der Waals surface area contributed by atoms with Crippen LogP contribution in [-0.2, 0) is 0 Å². The van der Waals surface area contributed by atoms with Gasteiger partial charge in [0.1, 0.15) is 11.5 Å². The Labute approximate surface area is 103 Å². The van der Waals surface area contributed by atoms with Gasteiger partial charge < -0.3 is 15.2 Å². The Hall–Kier alpha value is -2.14. The monoisotopic (exact) mass is 246 g/mol. The molecule has 4 nitrogen and oxygen atoms in total. The molecule has 1 unspecified atom stereocenters. The van der Waals surface area contributed by atoms with Crippen LogP contribution in [0.15, 0.2) is 36.5 Å². The van der Waals surface area contributed by atoms with Crippen LogP contribution < -0.4 is 15.2 Å². The zero-order valence-corrected chi connectivity index (χ0v) is 9.47. The van der Waals surface area contributed by atoms with E-state index in [1.807, 2.05) is 12.1 Å². The number of rotatable bonds is 1. The molecule has 0 radical (unpaired) electrons. The minimum atomic E-state index is -0.455. The van der Waals surface area contributed by atoms with Crippen molar-refractivity contribution < 1.29 is 13.9 Å². The molecular formula is C13H11FN2O2. The fraction of sp³-hybridized carbons (Fsp3) is 0.154. The number of hydrogen-bond donors (Lipinski definition) is 1. The van der Waals surface area contributed by atoms with Crippen molar-refractivity contribution in [1.29, 1.82) is 0 Å². The Balaban J connectivity index is 2.14. The van der Waals surface area contributed by atoms with Crippen LogP contribution in [-0.4, -0.2) is 11.5 Å². The Morgan fingerprint density at radius 3 is 2.78 bits per heavy atom. The number of hydrogen-bond acceptors (Lipinski definition) is 4. The van der Waals surface area contributed by atoms with Gasteiger partial charge in [0.25, 0.3) is 0 Å². The molecule has 18 heavy (non-hydrogen) atoms. The van der Waals surface area contributed by atoms with Gasteiger partial charge in [0.2, 0.25) is 0 Å². The van der Waals surface area contributed by atoms with Crippen LogP contribution in [0.2, 0.25) is 0 Å². The Morgan fingerprint density at radius 2 is 2.00 bits per heavy atom. The van der Waals surface area contributed by atoms with Gasteiger partial charge in [0, 0.05) is 12.6 Å². The molecule has 0 spiro atoms. The van der Waals surface area contributed by atoms with Gasteiger partial charge in [0.15, 0.2) is 23.4 Å². The van der Waals surface area contributed by atoms with E-state index >= 15 is 0 Å². The summed E-state index contributed by atoms with van der Waals surface area (Å²) in [5.74, 6) is 0.993. The number of ether oxygens (including phenoxy) is 2. The molecule has 3 rings (SSSR count). The summed E-state index contributed by atoms with van der Waals surface area (Å²) in [7, 11) is 0. The van der Waals surface area contributed by atoms with Gasteiger partial charge in [0.05, 0.1) is 6.20 Å². The van der Waals surface area contributed by atoms with Gasteiger partial charge in [-0.25, -0.2) is 4.39 Å². The molecule has 0 fully saturated rings. The summed E-state index contributed by atoms with van der Waals surface area (Å²) >= 11 is 0. The standard InChI is InChI=1S/C13H11FN2O2/c14-8-5-11-13(16-7-8)12(6-15)18-10-4-2-1-3-9(10)17-11/h1-5,7,12H,6,15H2. The molecule has 1 aromatic heterocycles. The summed E-state index contributed by atoms with van der Waals surface area (Å²) in [4.78, 5) is 4.01. The van der Waals surface area contributed by atoms with Crippen molar-refractivity contribution >= 4 is 0 Å². The highest BCUT2D eigenvalue weighted by molar-refractivity contribution is 5.46. The summed E-state index contributed by atoms with van der Waals surface area (Å²) in [5, 5.41) is 0. The maximum absolute atomic E-state index is 13.2. The first-order valence-electron chi connectivity index (χ1n) is 5.57. The third kappa shape index (κ3) is 1.78. The lowest BCUT2D eigenvalue weighted by Gasteiger charge is -2.14. The molecule has 0 amide bonds. The van der Waals surface area contributed by atoms with E-state index in [2.05, 4.69) is 4.98 Å². The average Bonchev–Trinajstić information content (AvgIpc) is 2.53. The van der Waals surface area contributed by atoms with Gasteiger partial charge >= 0.3 is 0 Å². The maximum Gasteiger partial charge on any atom is 0.169 e. The maximum atomic E-state index is 13.2. The summed E-state index contributed by atoms with van der Waals surface area (Å²) in [6.07, 6.45) is 0.689. The van der Waals surface area contributed by atoms with Crippen LogP contribution in [0.1, 0.15) is 11.8 Å². The van der Waals surface area contributed by atoms with E-state index < -0.39 is 11.9 Å². The molecule has 5 heteroatoms. The second kappa shape index (κ2) is 4.27. The molecule has 1 aliphatic heterocycles. The highest BCUT2D eigenvalue weighted by Crippen LogP contribution is 2.40. The van der Waals surface area contributed by atoms with Crippen LogP contribution in [0.4, 0.5) is 4.39 Å². The number of benzene rings is 1. The average molecular weight is 246 g/mol. The summed E-state index contributed by atoms with van der Waals surface area (Å²) in [5.41, 5.74) is 6.18. The van der Waals surface area contributed by atoms with Gasteiger partial charge in [-0.3, -0.25) is 4.98 Å². The number of halogens is 1. The van der Waals surface area contributed by atoms with E-state index in [9.17, 15) is 4.39 Å². The van der Waals surface area contributed by atoms with Crippen molar-refractivity contribution in [2.45, 2.75) is 6.10 Å². The largest absolute Gasteiger partial charge is 0.479 e. The molecule has 0 saturated heterocycles. The van der Waals surface area contributed by atoms with Gasteiger partial charge in [-0.1, -0.05) is 12.1 Å². The first kappa shape index (κ1) is 11.0. The number of nitrogens with two attached hydrogens (primary N) is 1. The van der Waals surface area contributed by atoms with E-state index in [1.165, 1.54) is 6.07 Å². The van der Waals surface area contributed by atoms with Crippen LogP contribution in [0.25, 0.3) is 0 Å². The quantitative estimate of drug-likeness (QED) is 0.839. The van der Waals surface area contributed by atoms with E-state index in [4.69, 9.17) is 15.2 Å². The fourth-order valence-corrected chi connectivity index (χ4v) is 1.87. The second-order valence-corrected chi connectivity index (χ2v) is 3.93. The highest BCUT2D eigenvalue weighted by Gasteiger charge is 2.25.